The van der Waals surface area contributed by atoms with Crippen molar-refractivity contribution in [3.05, 3.63) is 30.1 Å². The summed E-state index contributed by atoms with van der Waals surface area (Å²) in [5.74, 6) is -1.44. The zero-order valence-corrected chi connectivity index (χ0v) is 15.7. The van der Waals surface area contributed by atoms with Crippen molar-refractivity contribution in [2.45, 2.75) is 44.3 Å². The van der Waals surface area contributed by atoms with Gasteiger partial charge in [-0.05, 0) is 31.0 Å². The van der Waals surface area contributed by atoms with Gasteiger partial charge >= 0.3 is 5.97 Å². The van der Waals surface area contributed by atoms with Crippen LogP contribution < -0.4 is 5.32 Å². The lowest BCUT2D eigenvalue weighted by Crippen LogP contribution is -2.55. The van der Waals surface area contributed by atoms with E-state index < -0.39 is 11.9 Å². The van der Waals surface area contributed by atoms with Crippen LogP contribution in [0, 0.1) is 5.92 Å². The Morgan fingerprint density at radius 3 is 2.74 bits per heavy atom. The third-order valence-electron chi connectivity index (χ3n) is 5.67. The molecule has 1 aliphatic heterocycles. The van der Waals surface area contributed by atoms with Crippen LogP contribution in [-0.4, -0.2) is 69.9 Å². The third kappa shape index (κ3) is 4.10. The number of nitrogens with one attached hydrogen (secondary N) is 1. The second-order valence-corrected chi connectivity index (χ2v) is 7.33. The maximum Gasteiger partial charge on any atom is 0.317 e. The zero-order chi connectivity index (χ0) is 19.6. The summed E-state index contributed by atoms with van der Waals surface area (Å²) in [5.41, 5.74) is 0.858. The molecule has 8 nitrogen and oxygen atoms in total. The van der Waals surface area contributed by atoms with Gasteiger partial charge in [0.15, 0.2) is 0 Å². The molecule has 0 bridgehead atoms. The Morgan fingerprint density at radius 2 is 2.15 bits per heavy atom. The van der Waals surface area contributed by atoms with E-state index in [-0.39, 0.29) is 42.9 Å². The summed E-state index contributed by atoms with van der Waals surface area (Å²) < 4.78 is 0. The van der Waals surface area contributed by atoms with Gasteiger partial charge in [0, 0.05) is 37.9 Å². The van der Waals surface area contributed by atoms with Gasteiger partial charge in [-0.15, -0.1) is 0 Å². The second kappa shape index (κ2) is 8.04. The molecule has 8 heteroatoms. The average molecular weight is 374 g/mol. The molecule has 3 rings (SSSR count). The number of pyridine rings is 1. The summed E-state index contributed by atoms with van der Waals surface area (Å²) >= 11 is 0. The quantitative estimate of drug-likeness (QED) is 0.727. The molecule has 2 fully saturated rings. The van der Waals surface area contributed by atoms with Gasteiger partial charge < -0.3 is 15.3 Å². The molecule has 27 heavy (non-hydrogen) atoms. The van der Waals surface area contributed by atoms with E-state index in [4.69, 9.17) is 5.11 Å². The Bertz CT molecular complexity index is 705. The molecule has 2 atom stereocenters. The maximum atomic E-state index is 12.8. The van der Waals surface area contributed by atoms with Crippen LogP contribution in [0.15, 0.2) is 24.5 Å². The first-order chi connectivity index (χ1) is 12.9. The summed E-state index contributed by atoms with van der Waals surface area (Å²) in [6.45, 7) is 2.63. The number of hydrogen-bond donors (Lipinski definition) is 2. The van der Waals surface area contributed by atoms with E-state index in [0.29, 0.717) is 6.54 Å². The fourth-order valence-corrected chi connectivity index (χ4v) is 4.10. The molecule has 2 N–H and O–H groups in total. The van der Waals surface area contributed by atoms with Gasteiger partial charge in [-0.25, -0.2) is 0 Å². The van der Waals surface area contributed by atoms with Gasteiger partial charge in [0.2, 0.25) is 11.8 Å². The first kappa shape index (κ1) is 19.3. The number of rotatable bonds is 7. The molecule has 2 heterocycles. The molecule has 0 spiro atoms. The van der Waals surface area contributed by atoms with Crippen molar-refractivity contribution < 1.29 is 19.5 Å². The van der Waals surface area contributed by atoms with Crippen molar-refractivity contribution in [3.63, 3.8) is 0 Å². The van der Waals surface area contributed by atoms with Crippen LogP contribution in [0.25, 0.3) is 0 Å². The topological polar surface area (TPSA) is 103 Å². The molecule has 0 aromatic carbocycles. The Balaban J connectivity index is 1.59. The fraction of sp³-hybridized carbons (Fsp3) is 0.579. The number of carbonyl (C=O) groups excluding carboxylic acids is 2. The highest BCUT2D eigenvalue weighted by molar-refractivity contribution is 5.90. The lowest BCUT2D eigenvalue weighted by atomic mass is 9.84. The van der Waals surface area contributed by atoms with E-state index >= 15 is 0 Å². The predicted molar refractivity (Wildman–Crippen MR) is 97.7 cm³/mol. The summed E-state index contributed by atoms with van der Waals surface area (Å²) in [6, 6.07) is 3.59. The fourth-order valence-electron chi connectivity index (χ4n) is 4.10. The first-order valence-corrected chi connectivity index (χ1v) is 9.32. The van der Waals surface area contributed by atoms with Gasteiger partial charge in [-0.2, -0.15) is 0 Å². The van der Waals surface area contributed by atoms with Crippen LogP contribution in [-0.2, 0) is 14.4 Å². The van der Waals surface area contributed by atoms with E-state index in [9.17, 15) is 14.4 Å². The lowest BCUT2D eigenvalue weighted by molar-refractivity contribution is -0.140. The highest BCUT2D eigenvalue weighted by atomic mass is 16.4. The second-order valence-electron chi connectivity index (χ2n) is 7.33. The molecule has 2 aliphatic rings. The standard InChI is InChI=1S/C19H26N4O4/c1-3-23(11-17(25)26)14-7-13(8-14)21-19(27)15-9-16(24)22(2)18(15)12-5-4-6-20-10-12/h4-6,10,13-15,18H,3,7-9,11H2,1-2H3,(H,21,27)(H,25,26). The number of likely N-dealkylation sites (N-methyl/N-ethyl adjacent to an activating group) is 1. The number of nitrogens with zero attached hydrogens (tertiary/aromatic N) is 3. The smallest absolute Gasteiger partial charge is 0.317 e. The zero-order valence-electron chi connectivity index (χ0n) is 15.7. The van der Waals surface area contributed by atoms with Crippen LogP contribution in [0.4, 0.5) is 0 Å². The number of aromatic nitrogens is 1. The highest BCUT2D eigenvalue weighted by Crippen LogP contribution is 2.37. The number of aliphatic carboxylic acids is 1. The van der Waals surface area contributed by atoms with Gasteiger partial charge in [-0.3, -0.25) is 24.3 Å². The van der Waals surface area contributed by atoms with Crippen molar-refractivity contribution in [2.75, 3.05) is 20.1 Å². The molecular weight excluding hydrogens is 348 g/mol. The molecule has 1 aromatic rings. The van der Waals surface area contributed by atoms with Crippen molar-refractivity contribution in [1.82, 2.24) is 20.1 Å². The number of amides is 2. The highest BCUT2D eigenvalue weighted by Gasteiger charge is 2.44. The monoisotopic (exact) mass is 374 g/mol. The van der Waals surface area contributed by atoms with E-state index in [1.807, 2.05) is 17.9 Å². The van der Waals surface area contributed by atoms with Crippen molar-refractivity contribution >= 4 is 17.8 Å². The minimum Gasteiger partial charge on any atom is -0.480 e. The molecular formula is C19H26N4O4. The van der Waals surface area contributed by atoms with Gasteiger partial charge in [0.25, 0.3) is 0 Å². The van der Waals surface area contributed by atoms with Gasteiger partial charge in [0.05, 0.1) is 18.5 Å². The van der Waals surface area contributed by atoms with Crippen molar-refractivity contribution in [1.29, 1.82) is 0 Å². The van der Waals surface area contributed by atoms with Crippen LogP contribution in [0.5, 0.6) is 0 Å². The first-order valence-electron chi connectivity index (χ1n) is 9.32. The van der Waals surface area contributed by atoms with Crippen LogP contribution >= 0.6 is 0 Å². The van der Waals surface area contributed by atoms with Crippen LogP contribution in [0.2, 0.25) is 0 Å². The number of carboxylic acids is 1. The van der Waals surface area contributed by atoms with Crippen molar-refractivity contribution in [3.8, 4) is 0 Å². The number of carboxylic acid groups (broad SMARTS) is 1. The van der Waals surface area contributed by atoms with Crippen molar-refractivity contribution in [2.24, 2.45) is 5.92 Å². The molecule has 146 valence electrons. The van der Waals surface area contributed by atoms with E-state index in [1.165, 1.54) is 0 Å². The summed E-state index contributed by atoms with van der Waals surface area (Å²) in [5, 5.41) is 12.0. The van der Waals surface area contributed by atoms with Gasteiger partial charge in [-0.1, -0.05) is 13.0 Å². The summed E-state index contributed by atoms with van der Waals surface area (Å²) in [6.07, 6.45) is 5.03. The largest absolute Gasteiger partial charge is 0.480 e. The SMILES string of the molecule is CCN(CC(=O)O)C1CC(NC(=O)C2CC(=O)N(C)C2c2cccnc2)C1. The summed E-state index contributed by atoms with van der Waals surface area (Å²) in [4.78, 5) is 43.6. The Hall–Kier alpha value is -2.48. The molecule has 2 unspecified atom stereocenters. The molecule has 1 aliphatic carbocycles. The van der Waals surface area contributed by atoms with Crippen LogP contribution in [0.1, 0.15) is 37.8 Å². The minimum atomic E-state index is -0.837. The molecule has 1 saturated carbocycles. The van der Waals surface area contributed by atoms with Gasteiger partial charge in [0.1, 0.15) is 0 Å². The van der Waals surface area contributed by atoms with E-state index in [1.54, 1.807) is 30.4 Å². The number of carbonyl (C=O) groups is 3. The molecule has 0 radical (unpaired) electrons. The number of hydrogen-bond acceptors (Lipinski definition) is 5. The average Bonchev–Trinajstić information content (AvgIpc) is 2.91. The minimum absolute atomic E-state index is 0.0207. The summed E-state index contributed by atoms with van der Waals surface area (Å²) in [7, 11) is 1.72. The molecule has 1 saturated heterocycles. The maximum absolute atomic E-state index is 12.8. The molecule has 2 amide bonds. The normalized spacial score (nSPS) is 27.5. The lowest BCUT2D eigenvalue weighted by Gasteiger charge is -2.42. The number of likely N-dealkylation sites (tertiary alicyclic amines) is 1. The van der Waals surface area contributed by atoms with E-state index in [2.05, 4.69) is 10.3 Å². The molecule has 1 aromatic heterocycles. The Kier molecular flexibility index (Phi) is 5.74. The third-order valence-corrected chi connectivity index (χ3v) is 5.67. The van der Waals surface area contributed by atoms with E-state index in [0.717, 1.165) is 18.4 Å². The van der Waals surface area contributed by atoms with Crippen LogP contribution in [0.3, 0.4) is 0 Å². The predicted octanol–water partition coefficient (Wildman–Crippen LogP) is 0.655. The Morgan fingerprint density at radius 1 is 1.41 bits per heavy atom. The Labute approximate surface area is 158 Å².